The van der Waals surface area contributed by atoms with E-state index in [9.17, 15) is 0 Å². The summed E-state index contributed by atoms with van der Waals surface area (Å²) in [6, 6.07) is 27.8. The Morgan fingerprint density at radius 1 is 0.833 bits per heavy atom. The monoisotopic (exact) mass is 461 g/mol. The Bertz CT molecular complexity index is 1090. The molecule has 0 saturated carbocycles. The Kier molecular flexibility index (Phi) is 6.57. The molecule has 3 aromatic carbocycles. The zero-order chi connectivity index (χ0) is 20.4. The van der Waals surface area contributed by atoms with Gasteiger partial charge in [-0.15, -0.1) is 4.68 Å². The quantitative estimate of drug-likeness (QED) is 0.427. The number of benzene rings is 3. The van der Waals surface area contributed by atoms with Gasteiger partial charge in [-0.05, 0) is 35.6 Å². The average molecular weight is 462 g/mol. The Morgan fingerprint density at radius 3 is 2.07 bits per heavy atom. The van der Waals surface area contributed by atoms with Crippen LogP contribution < -0.4 is 21.7 Å². The molecule has 4 heteroatoms. The van der Waals surface area contributed by atoms with Crippen LogP contribution in [0.25, 0.3) is 16.9 Å². The van der Waals surface area contributed by atoms with E-state index >= 15 is 0 Å². The molecule has 4 aromatic rings. The maximum atomic E-state index is 4.89. The van der Waals surface area contributed by atoms with E-state index in [1.807, 2.05) is 15.4 Å². The normalized spacial score (nSPS) is 11.2. The van der Waals surface area contributed by atoms with E-state index in [1.165, 1.54) is 16.7 Å². The summed E-state index contributed by atoms with van der Waals surface area (Å²) in [7, 11) is 0. The molecule has 0 radical (unpaired) electrons. The highest BCUT2D eigenvalue weighted by Crippen LogP contribution is 2.23. The molecule has 0 atom stereocenters. The van der Waals surface area contributed by atoms with Crippen LogP contribution >= 0.6 is 0 Å². The van der Waals surface area contributed by atoms with Gasteiger partial charge in [-0.2, -0.15) is 0 Å². The van der Waals surface area contributed by atoms with Crippen molar-refractivity contribution in [2.75, 3.05) is 0 Å². The van der Waals surface area contributed by atoms with Crippen LogP contribution in [-0.4, -0.2) is 9.90 Å². The predicted molar refractivity (Wildman–Crippen MR) is 118 cm³/mol. The third kappa shape index (κ3) is 4.88. The summed E-state index contributed by atoms with van der Waals surface area (Å²) >= 11 is 0. The number of hydrogen-bond acceptors (Lipinski definition) is 1. The van der Waals surface area contributed by atoms with Gasteiger partial charge in [0.15, 0.2) is 11.9 Å². The summed E-state index contributed by atoms with van der Waals surface area (Å²) in [5.41, 5.74) is 7.31. The van der Waals surface area contributed by atoms with E-state index < -0.39 is 0 Å². The molecular formula is C26H28BrN3. The first kappa shape index (κ1) is 22.0. The lowest BCUT2D eigenvalue weighted by molar-refractivity contribution is -0.746. The molecule has 4 rings (SSSR count). The summed E-state index contributed by atoms with van der Waals surface area (Å²) in [5.74, 6) is 0. The molecule has 0 saturated heterocycles. The molecule has 0 aliphatic rings. The standard InChI is InChI=1S/C26H28N3.BrH/c1-20-10-16-24(17-11-20)29-25(22-8-6-5-7-9-22)19-28(27-29)18-21-12-14-23(15-13-21)26(2,3)4;/h5-17,19H,18H2,1-4H3;1H/q+1;/p-1. The minimum absolute atomic E-state index is 0. The van der Waals surface area contributed by atoms with Crippen molar-refractivity contribution in [2.45, 2.75) is 39.7 Å². The molecule has 1 aromatic heterocycles. The predicted octanol–water partition coefficient (Wildman–Crippen LogP) is 2.49. The summed E-state index contributed by atoms with van der Waals surface area (Å²) in [6.07, 6.45) is 2.13. The van der Waals surface area contributed by atoms with Crippen LogP contribution in [0.1, 0.15) is 37.5 Å². The number of aromatic nitrogens is 3. The topological polar surface area (TPSA) is 21.7 Å². The molecule has 0 amide bonds. The molecule has 3 nitrogen and oxygen atoms in total. The van der Waals surface area contributed by atoms with Gasteiger partial charge in [0.2, 0.25) is 5.69 Å². The molecule has 1 heterocycles. The van der Waals surface area contributed by atoms with Crippen LogP contribution in [-0.2, 0) is 12.0 Å². The van der Waals surface area contributed by atoms with Crippen molar-refractivity contribution in [3.8, 4) is 16.9 Å². The van der Waals surface area contributed by atoms with Gasteiger partial charge < -0.3 is 17.0 Å². The Morgan fingerprint density at radius 2 is 1.47 bits per heavy atom. The van der Waals surface area contributed by atoms with E-state index in [-0.39, 0.29) is 22.4 Å². The highest BCUT2D eigenvalue weighted by atomic mass is 79.9. The fourth-order valence-corrected chi connectivity index (χ4v) is 3.44. The Labute approximate surface area is 189 Å². The van der Waals surface area contributed by atoms with Crippen LogP contribution in [0.2, 0.25) is 0 Å². The zero-order valence-electron chi connectivity index (χ0n) is 18.0. The average Bonchev–Trinajstić information content (AvgIpc) is 3.13. The smallest absolute Gasteiger partial charge is 0.204 e. The maximum absolute atomic E-state index is 4.89. The van der Waals surface area contributed by atoms with Crippen LogP contribution in [0.5, 0.6) is 0 Å². The molecule has 0 spiro atoms. The largest absolute Gasteiger partial charge is 1.00 e. The van der Waals surface area contributed by atoms with Crippen molar-refractivity contribution in [3.05, 3.63) is 102 Å². The fraction of sp³-hybridized carbons (Fsp3) is 0.231. The molecule has 30 heavy (non-hydrogen) atoms. The fourth-order valence-electron chi connectivity index (χ4n) is 3.44. The van der Waals surface area contributed by atoms with Crippen molar-refractivity contribution >= 4 is 0 Å². The second-order valence-electron chi connectivity index (χ2n) is 8.66. The van der Waals surface area contributed by atoms with Gasteiger partial charge >= 0.3 is 0 Å². The number of halogens is 1. The summed E-state index contributed by atoms with van der Waals surface area (Å²) in [4.78, 5) is 0. The van der Waals surface area contributed by atoms with E-state index in [0.29, 0.717) is 0 Å². The SMILES string of the molecule is Cc1ccc(-n2n[n+](Cc3ccc(C(C)(C)C)cc3)cc2-c2ccccc2)cc1.[Br-]. The lowest BCUT2D eigenvalue weighted by atomic mass is 9.87. The van der Waals surface area contributed by atoms with Crippen molar-refractivity contribution < 1.29 is 21.7 Å². The van der Waals surface area contributed by atoms with Crippen molar-refractivity contribution in [2.24, 2.45) is 0 Å². The van der Waals surface area contributed by atoms with E-state index in [0.717, 1.165) is 23.5 Å². The third-order valence-electron chi connectivity index (χ3n) is 5.22. The third-order valence-corrected chi connectivity index (χ3v) is 5.22. The molecular weight excluding hydrogens is 434 g/mol. The van der Waals surface area contributed by atoms with Crippen molar-refractivity contribution in [1.82, 2.24) is 9.90 Å². The first-order valence-corrected chi connectivity index (χ1v) is 10.1. The highest BCUT2D eigenvalue weighted by Gasteiger charge is 2.20. The zero-order valence-corrected chi connectivity index (χ0v) is 19.6. The summed E-state index contributed by atoms with van der Waals surface area (Å²) in [5, 5.41) is 4.89. The first-order valence-electron chi connectivity index (χ1n) is 10.1. The van der Waals surface area contributed by atoms with Gasteiger partial charge in [-0.25, -0.2) is 0 Å². The minimum atomic E-state index is 0. The Balaban J connectivity index is 0.00000256. The maximum Gasteiger partial charge on any atom is 0.204 e. The second kappa shape index (κ2) is 8.97. The molecule has 0 bridgehead atoms. The van der Waals surface area contributed by atoms with Gasteiger partial charge in [0.25, 0.3) is 0 Å². The van der Waals surface area contributed by atoms with Crippen LogP contribution in [0.4, 0.5) is 0 Å². The van der Waals surface area contributed by atoms with Crippen LogP contribution in [0.15, 0.2) is 85.1 Å². The molecule has 0 fully saturated rings. The molecule has 0 N–H and O–H groups in total. The number of nitrogens with zero attached hydrogens (tertiary/aromatic N) is 3. The number of aryl methyl sites for hydroxylation is 1. The Hall–Kier alpha value is -2.72. The molecule has 0 unspecified atom stereocenters. The van der Waals surface area contributed by atoms with E-state index in [4.69, 9.17) is 5.21 Å². The van der Waals surface area contributed by atoms with E-state index in [1.54, 1.807) is 0 Å². The first-order chi connectivity index (χ1) is 13.9. The second-order valence-corrected chi connectivity index (χ2v) is 8.66. The number of rotatable bonds is 4. The van der Waals surface area contributed by atoms with Gasteiger partial charge in [0.1, 0.15) is 6.54 Å². The van der Waals surface area contributed by atoms with Crippen LogP contribution in [0.3, 0.4) is 0 Å². The van der Waals surface area contributed by atoms with Gasteiger partial charge in [-0.1, -0.05) is 97.7 Å². The minimum Gasteiger partial charge on any atom is -1.00 e. The van der Waals surface area contributed by atoms with Gasteiger partial charge in [-0.3, -0.25) is 0 Å². The highest BCUT2D eigenvalue weighted by molar-refractivity contribution is 5.60. The van der Waals surface area contributed by atoms with Crippen molar-refractivity contribution in [3.63, 3.8) is 0 Å². The lowest BCUT2D eigenvalue weighted by Crippen LogP contribution is -3.00. The van der Waals surface area contributed by atoms with Crippen molar-refractivity contribution in [1.29, 1.82) is 0 Å². The summed E-state index contributed by atoms with van der Waals surface area (Å²) < 4.78 is 4.05. The molecule has 0 aliphatic heterocycles. The van der Waals surface area contributed by atoms with Gasteiger partial charge in [0, 0.05) is 5.56 Å². The lowest BCUT2D eigenvalue weighted by Gasteiger charge is -2.18. The van der Waals surface area contributed by atoms with Gasteiger partial charge in [0.05, 0.1) is 5.21 Å². The van der Waals surface area contributed by atoms with E-state index in [2.05, 4.69) is 107 Å². The number of hydrogen-bond donors (Lipinski definition) is 0. The van der Waals surface area contributed by atoms with Crippen LogP contribution in [0, 0.1) is 6.92 Å². The summed E-state index contributed by atoms with van der Waals surface area (Å²) in [6.45, 7) is 9.57. The molecule has 0 aliphatic carbocycles. The molecule has 154 valence electrons.